The quantitative estimate of drug-likeness (QED) is 0.310. The van der Waals surface area contributed by atoms with Gasteiger partial charge in [0.05, 0.1) is 12.5 Å². The largest absolute Gasteiger partial charge is 0.481 e. The van der Waals surface area contributed by atoms with Gasteiger partial charge in [0.15, 0.2) is 0 Å². The summed E-state index contributed by atoms with van der Waals surface area (Å²) in [6.45, 7) is 8.80. The van der Waals surface area contributed by atoms with Crippen LogP contribution in [0.2, 0.25) is 0 Å². The van der Waals surface area contributed by atoms with Crippen molar-refractivity contribution in [1.82, 2.24) is 10.2 Å². The van der Waals surface area contributed by atoms with Crippen molar-refractivity contribution in [3.8, 4) is 0 Å². The molecule has 7 nitrogen and oxygen atoms in total. The maximum atomic E-state index is 14.2. The Morgan fingerprint density at radius 2 is 1.71 bits per heavy atom. The molecule has 2 aromatic rings. The first kappa shape index (κ1) is 31.3. The lowest BCUT2D eigenvalue weighted by Gasteiger charge is -2.48. The summed E-state index contributed by atoms with van der Waals surface area (Å²) in [5.74, 6) is -2.76. The number of amides is 2. The lowest BCUT2D eigenvalue weighted by atomic mass is 9.67. The van der Waals surface area contributed by atoms with Crippen molar-refractivity contribution in [3.63, 3.8) is 0 Å². The highest BCUT2D eigenvalue weighted by Gasteiger charge is 2.52. The molecular weight excluding hydrogens is 540 g/mol. The van der Waals surface area contributed by atoms with Gasteiger partial charge in [0.2, 0.25) is 0 Å². The summed E-state index contributed by atoms with van der Waals surface area (Å²) in [5, 5.41) is 11.4. The fourth-order valence-electron chi connectivity index (χ4n) is 6.39. The van der Waals surface area contributed by atoms with E-state index in [0.717, 1.165) is 49.4 Å². The van der Waals surface area contributed by atoms with Crippen LogP contribution in [0.1, 0.15) is 107 Å². The molecule has 1 atom stereocenters. The topological polar surface area (TPSA) is 99.1 Å². The highest BCUT2D eigenvalue weighted by atomic mass is 19.1. The summed E-state index contributed by atoms with van der Waals surface area (Å²) < 4.78 is 28.5. The average Bonchev–Trinajstić information content (AvgIpc) is 3.22. The van der Waals surface area contributed by atoms with E-state index in [1.54, 1.807) is 12.1 Å². The van der Waals surface area contributed by atoms with Crippen molar-refractivity contribution < 1.29 is 28.3 Å². The molecule has 1 aliphatic heterocycles. The highest BCUT2D eigenvalue weighted by Crippen LogP contribution is 2.50. The van der Waals surface area contributed by atoms with E-state index in [0.29, 0.717) is 30.7 Å². The monoisotopic (exact) mass is 581 g/mol. The number of hydrogen-bond acceptors (Lipinski definition) is 4. The number of hydrogen-bond donors (Lipinski definition) is 2. The van der Waals surface area contributed by atoms with Gasteiger partial charge in [-0.15, -0.1) is 0 Å². The molecule has 9 heteroatoms. The van der Waals surface area contributed by atoms with Crippen molar-refractivity contribution in [2.75, 3.05) is 6.54 Å². The van der Waals surface area contributed by atoms with Gasteiger partial charge < -0.3 is 15.3 Å². The summed E-state index contributed by atoms with van der Waals surface area (Å²) in [6, 6.07) is 9.73. The summed E-state index contributed by atoms with van der Waals surface area (Å²) >= 11 is 0. The smallest absolute Gasteiger partial charge is 0.305 e. The number of nitrogens with zero attached hydrogens (tertiary/aromatic N) is 2. The molecule has 0 saturated heterocycles. The number of carboxylic acid groups (broad SMARTS) is 1. The van der Waals surface area contributed by atoms with Crippen LogP contribution in [0.4, 0.5) is 8.78 Å². The molecule has 2 aromatic carbocycles. The van der Waals surface area contributed by atoms with Gasteiger partial charge >= 0.3 is 5.97 Å². The maximum Gasteiger partial charge on any atom is 0.305 e. The van der Waals surface area contributed by atoms with Crippen LogP contribution in [-0.2, 0) is 9.59 Å². The van der Waals surface area contributed by atoms with Gasteiger partial charge in [-0.3, -0.25) is 19.4 Å². The second-order valence-corrected chi connectivity index (χ2v) is 12.2. The van der Waals surface area contributed by atoms with Crippen LogP contribution in [0.25, 0.3) is 0 Å². The summed E-state index contributed by atoms with van der Waals surface area (Å²) in [6.07, 6.45) is 5.35. The standard InChI is InChI=1S/C33H41F2N3O4/c1-5-7-27(21-8-10-22(11-9-21)30(41)36-17-14-28(39)40)38-31(42)29(23-18-25(34)20-26(35)19-23)37-33(38)15-12-24(13-16-33)32(3,4)6-2/h8-11,18-20,24,27H,5-7,12-17H2,1-4H3,(H,36,41)(H,39,40)/t24?,27-,33?/m1/s1. The van der Waals surface area contributed by atoms with E-state index >= 15 is 0 Å². The summed E-state index contributed by atoms with van der Waals surface area (Å²) in [7, 11) is 0. The zero-order valence-corrected chi connectivity index (χ0v) is 24.9. The number of carbonyl (C=O) groups excluding carboxylic acids is 2. The molecular formula is C33H41F2N3O4. The number of nitrogens with one attached hydrogen (secondary N) is 1. The Labute approximate surface area is 246 Å². The fourth-order valence-corrected chi connectivity index (χ4v) is 6.39. The number of carbonyl (C=O) groups is 3. The van der Waals surface area contributed by atoms with E-state index in [1.165, 1.54) is 0 Å². The molecule has 42 heavy (non-hydrogen) atoms. The van der Waals surface area contributed by atoms with Crippen LogP contribution in [-0.4, -0.2) is 45.7 Å². The molecule has 2 aliphatic rings. The SMILES string of the molecule is CCC[C@H](c1ccc(C(=O)NCCC(=O)O)cc1)N1C(=O)C(c2cc(F)cc(F)c2)=NC12CCC(C(C)(C)CC)CC2. The second kappa shape index (κ2) is 12.7. The third kappa shape index (κ3) is 6.55. The van der Waals surface area contributed by atoms with Gasteiger partial charge in [-0.2, -0.15) is 0 Å². The molecule has 2 amide bonds. The minimum Gasteiger partial charge on any atom is -0.481 e. The third-order valence-corrected chi connectivity index (χ3v) is 9.18. The van der Waals surface area contributed by atoms with Gasteiger partial charge in [0, 0.05) is 23.7 Å². The van der Waals surface area contributed by atoms with E-state index in [2.05, 4.69) is 26.1 Å². The Morgan fingerprint density at radius 3 is 2.26 bits per heavy atom. The van der Waals surface area contributed by atoms with Crippen LogP contribution in [0, 0.1) is 23.0 Å². The van der Waals surface area contributed by atoms with Crippen molar-refractivity contribution in [1.29, 1.82) is 0 Å². The number of aliphatic imine (C=N–C) groups is 1. The number of carboxylic acids is 1. The number of aliphatic carboxylic acids is 1. The van der Waals surface area contributed by atoms with Gasteiger partial charge in [-0.25, -0.2) is 8.78 Å². The van der Waals surface area contributed by atoms with Gasteiger partial charge in [0.25, 0.3) is 11.8 Å². The van der Waals surface area contributed by atoms with Crippen molar-refractivity contribution in [2.24, 2.45) is 16.3 Å². The number of benzene rings is 2. The van der Waals surface area contributed by atoms with E-state index in [-0.39, 0.29) is 47.5 Å². The first-order valence-corrected chi connectivity index (χ1v) is 14.9. The number of halogens is 2. The molecule has 1 fully saturated rings. The summed E-state index contributed by atoms with van der Waals surface area (Å²) in [5.41, 5.74) is 0.760. The lowest BCUT2D eigenvalue weighted by Crippen LogP contribution is -2.51. The predicted octanol–water partition coefficient (Wildman–Crippen LogP) is 6.66. The zero-order valence-electron chi connectivity index (χ0n) is 24.9. The second-order valence-electron chi connectivity index (χ2n) is 12.2. The van der Waals surface area contributed by atoms with E-state index in [4.69, 9.17) is 10.1 Å². The Kier molecular flexibility index (Phi) is 9.48. The van der Waals surface area contributed by atoms with Crippen LogP contribution >= 0.6 is 0 Å². The van der Waals surface area contributed by atoms with Crippen LogP contribution in [0.3, 0.4) is 0 Å². The summed E-state index contributed by atoms with van der Waals surface area (Å²) in [4.78, 5) is 44.4. The first-order chi connectivity index (χ1) is 19.9. The third-order valence-electron chi connectivity index (χ3n) is 9.18. The minimum atomic E-state index is -0.993. The molecule has 1 aliphatic carbocycles. The van der Waals surface area contributed by atoms with Crippen molar-refractivity contribution >= 4 is 23.5 Å². The Balaban J connectivity index is 1.69. The van der Waals surface area contributed by atoms with Crippen LogP contribution in [0.5, 0.6) is 0 Å². The van der Waals surface area contributed by atoms with Gasteiger partial charge in [0.1, 0.15) is 23.0 Å². The van der Waals surface area contributed by atoms with E-state index in [9.17, 15) is 23.2 Å². The molecule has 0 radical (unpaired) electrons. The molecule has 0 unspecified atom stereocenters. The number of rotatable bonds is 11. The zero-order chi connectivity index (χ0) is 30.7. The first-order valence-electron chi connectivity index (χ1n) is 14.9. The molecule has 2 N–H and O–H groups in total. The molecule has 1 spiro atoms. The van der Waals surface area contributed by atoms with Gasteiger partial charge in [-0.1, -0.05) is 52.7 Å². The highest BCUT2D eigenvalue weighted by molar-refractivity contribution is 6.46. The Bertz CT molecular complexity index is 1330. The van der Waals surface area contributed by atoms with Crippen molar-refractivity contribution in [2.45, 2.75) is 90.8 Å². The fraction of sp³-hybridized carbons (Fsp3) is 0.515. The molecule has 226 valence electrons. The van der Waals surface area contributed by atoms with Crippen LogP contribution < -0.4 is 5.32 Å². The van der Waals surface area contributed by atoms with Crippen LogP contribution in [0.15, 0.2) is 47.5 Å². The Morgan fingerprint density at radius 1 is 1.10 bits per heavy atom. The van der Waals surface area contributed by atoms with Crippen molar-refractivity contribution in [3.05, 3.63) is 70.8 Å². The molecule has 0 bridgehead atoms. The van der Waals surface area contributed by atoms with E-state index < -0.39 is 23.3 Å². The Hall–Kier alpha value is -3.62. The molecule has 4 rings (SSSR count). The van der Waals surface area contributed by atoms with E-state index in [1.807, 2.05) is 24.0 Å². The average molecular weight is 582 g/mol. The van der Waals surface area contributed by atoms with Gasteiger partial charge in [-0.05, 0) is 73.3 Å². The predicted molar refractivity (Wildman–Crippen MR) is 157 cm³/mol. The normalized spacial score (nSPS) is 21.4. The molecule has 0 aromatic heterocycles. The minimum absolute atomic E-state index is 0.0236. The lowest BCUT2D eigenvalue weighted by molar-refractivity contribution is -0.137. The maximum absolute atomic E-state index is 14.2. The molecule has 1 heterocycles. The molecule has 1 saturated carbocycles.